The minimum absolute atomic E-state index is 0.271. The van der Waals surface area contributed by atoms with Gasteiger partial charge in [-0.3, -0.25) is 14.8 Å². The van der Waals surface area contributed by atoms with Gasteiger partial charge in [0.2, 0.25) is 0 Å². The Balaban J connectivity index is 1.77. The van der Waals surface area contributed by atoms with Crippen molar-refractivity contribution >= 4 is 11.0 Å². The smallest absolute Gasteiger partial charge is 0.155 e. The predicted octanol–water partition coefficient (Wildman–Crippen LogP) is 3.72. The van der Waals surface area contributed by atoms with Crippen LogP contribution >= 0.6 is 0 Å². The van der Waals surface area contributed by atoms with Crippen molar-refractivity contribution < 1.29 is 9.13 Å². The molecule has 7 nitrogen and oxygen atoms in total. The van der Waals surface area contributed by atoms with Gasteiger partial charge >= 0.3 is 0 Å². The Kier molecular flexibility index (Phi) is 3.77. The molecule has 8 heteroatoms. The number of rotatable bonds is 3. The summed E-state index contributed by atoms with van der Waals surface area (Å²) in [7, 11) is 0. The normalized spacial score (nSPS) is 19.1. The van der Waals surface area contributed by atoms with E-state index >= 15 is 0 Å². The van der Waals surface area contributed by atoms with E-state index in [1.807, 2.05) is 10.7 Å². The van der Waals surface area contributed by atoms with E-state index in [2.05, 4.69) is 34.0 Å². The van der Waals surface area contributed by atoms with Crippen LogP contribution in [0.5, 0.6) is 0 Å². The van der Waals surface area contributed by atoms with Crippen molar-refractivity contribution in [3.63, 3.8) is 0 Å². The Hall–Kier alpha value is -3.13. The molecule has 0 bridgehead atoms. The van der Waals surface area contributed by atoms with E-state index in [9.17, 15) is 4.39 Å². The number of aromatic nitrogens is 6. The summed E-state index contributed by atoms with van der Waals surface area (Å²) in [5, 5.41) is 12.8. The van der Waals surface area contributed by atoms with Crippen molar-refractivity contribution in [2.45, 2.75) is 39.0 Å². The number of hydrogen-bond acceptors (Lipinski definition) is 5. The lowest BCUT2D eigenvalue weighted by atomic mass is 9.97. The largest absolute Gasteiger partial charge is 0.367 e. The summed E-state index contributed by atoms with van der Waals surface area (Å²) >= 11 is 0. The number of hydrogen-bond donors (Lipinski definition) is 1. The van der Waals surface area contributed by atoms with Crippen molar-refractivity contribution in [1.29, 1.82) is 0 Å². The summed E-state index contributed by atoms with van der Waals surface area (Å²) in [5.41, 5.74) is 4.59. The number of nitrogens with one attached hydrogen (secondary N) is 1. The first-order valence-corrected chi connectivity index (χ1v) is 9.22. The lowest BCUT2D eigenvalue weighted by Gasteiger charge is -2.33. The Morgan fingerprint density at radius 1 is 1.25 bits per heavy atom. The summed E-state index contributed by atoms with van der Waals surface area (Å²) in [6.07, 6.45) is 5.59. The van der Waals surface area contributed by atoms with Crippen molar-refractivity contribution in [3.05, 3.63) is 48.3 Å². The number of fused-ring (bicyclic) bond motifs is 2. The highest BCUT2D eigenvalue weighted by atomic mass is 19.1. The van der Waals surface area contributed by atoms with Gasteiger partial charge in [-0.2, -0.15) is 10.2 Å². The second-order valence-corrected chi connectivity index (χ2v) is 7.27. The maximum Gasteiger partial charge on any atom is 0.155 e. The monoisotopic (exact) mass is 378 g/mol. The van der Waals surface area contributed by atoms with E-state index < -0.39 is 0 Å². The van der Waals surface area contributed by atoms with Crippen LogP contribution in [-0.4, -0.2) is 35.5 Å². The van der Waals surface area contributed by atoms with Gasteiger partial charge in [-0.25, -0.2) is 9.37 Å². The molecule has 1 atom stereocenters. The Morgan fingerprint density at radius 3 is 2.93 bits per heavy atom. The van der Waals surface area contributed by atoms with Gasteiger partial charge in [-0.1, -0.05) is 6.92 Å². The fraction of sp³-hybridized carbons (Fsp3) is 0.300. The molecule has 1 aliphatic heterocycles. The molecular formula is C20H19FN6O. The summed E-state index contributed by atoms with van der Waals surface area (Å²) in [6, 6.07) is 4.99. The molecule has 5 heterocycles. The maximum atomic E-state index is 13.4. The molecule has 0 unspecified atom stereocenters. The van der Waals surface area contributed by atoms with Gasteiger partial charge in [0.25, 0.3) is 0 Å². The Labute approximate surface area is 160 Å². The van der Waals surface area contributed by atoms with Gasteiger partial charge in [-0.15, -0.1) is 0 Å². The number of nitrogens with zero attached hydrogens (tertiary/aromatic N) is 5. The highest BCUT2D eigenvalue weighted by Gasteiger charge is 2.34. The minimum Gasteiger partial charge on any atom is -0.367 e. The number of H-pyrrole nitrogens is 1. The SMILES string of the molecule is CC[C@@]1(C)Cn2nc(-c3ccc(F)cn3)c(-c3ccnc4[nH]ncc34)c2CO1. The molecule has 28 heavy (non-hydrogen) atoms. The quantitative estimate of drug-likeness (QED) is 0.588. The van der Waals surface area contributed by atoms with E-state index in [1.54, 1.807) is 18.5 Å². The van der Waals surface area contributed by atoms with Crippen LogP contribution in [0.3, 0.4) is 0 Å². The molecule has 0 radical (unpaired) electrons. The second kappa shape index (κ2) is 6.20. The molecule has 1 aliphatic rings. The third-order valence-electron chi connectivity index (χ3n) is 5.44. The van der Waals surface area contributed by atoms with Gasteiger partial charge in [0.15, 0.2) is 5.65 Å². The van der Waals surface area contributed by atoms with Crippen LogP contribution in [0.1, 0.15) is 26.0 Å². The number of ether oxygens (including phenoxy) is 1. The number of aromatic amines is 1. The molecular weight excluding hydrogens is 359 g/mol. The minimum atomic E-state index is -0.377. The van der Waals surface area contributed by atoms with Crippen molar-refractivity contribution in [2.75, 3.05) is 0 Å². The predicted molar refractivity (Wildman–Crippen MR) is 102 cm³/mol. The van der Waals surface area contributed by atoms with E-state index in [0.717, 1.165) is 28.6 Å². The molecule has 0 fully saturated rings. The fourth-order valence-electron chi connectivity index (χ4n) is 3.64. The maximum absolute atomic E-state index is 13.4. The van der Waals surface area contributed by atoms with E-state index in [4.69, 9.17) is 9.84 Å². The second-order valence-electron chi connectivity index (χ2n) is 7.27. The standard InChI is InChI=1S/C20H19FN6O/c1-3-20(2)11-27-16(10-28-20)17(13-6-7-22-19-14(13)9-24-25-19)18(26-27)15-5-4-12(21)8-23-15/h4-9H,3,10-11H2,1-2H3,(H,22,24,25)/t20-/m0/s1. The molecule has 0 aliphatic carbocycles. The molecule has 0 saturated heterocycles. The Morgan fingerprint density at radius 2 is 2.14 bits per heavy atom. The van der Waals surface area contributed by atoms with Crippen LogP contribution in [0, 0.1) is 5.82 Å². The van der Waals surface area contributed by atoms with Crippen LogP contribution in [0.25, 0.3) is 33.5 Å². The molecule has 0 spiro atoms. The number of pyridine rings is 2. The lowest BCUT2D eigenvalue weighted by Crippen LogP contribution is -2.38. The fourth-order valence-corrected chi connectivity index (χ4v) is 3.64. The van der Waals surface area contributed by atoms with Gasteiger partial charge in [0.05, 0.1) is 42.5 Å². The molecule has 142 valence electrons. The van der Waals surface area contributed by atoms with Crippen LogP contribution in [-0.2, 0) is 17.9 Å². The summed E-state index contributed by atoms with van der Waals surface area (Å²) < 4.78 is 21.6. The zero-order chi connectivity index (χ0) is 19.3. The van der Waals surface area contributed by atoms with Crippen LogP contribution < -0.4 is 0 Å². The highest BCUT2D eigenvalue weighted by Crippen LogP contribution is 2.40. The molecule has 4 aromatic rings. The average molecular weight is 378 g/mol. The molecule has 0 amide bonds. The first kappa shape index (κ1) is 17.0. The van der Waals surface area contributed by atoms with Crippen LogP contribution in [0.2, 0.25) is 0 Å². The summed E-state index contributed by atoms with van der Waals surface area (Å²) in [6.45, 7) is 5.28. The molecule has 0 saturated carbocycles. The molecule has 0 aromatic carbocycles. The average Bonchev–Trinajstić information content (AvgIpc) is 3.32. The zero-order valence-electron chi connectivity index (χ0n) is 15.6. The lowest BCUT2D eigenvalue weighted by molar-refractivity contribution is -0.0811. The van der Waals surface area contributed by atoms with Crippen molar-refractivity contribution in [3.8, 4) is 22.5 Å². The van der Waals surface area contributed by atoms with Crippen LogP contribution in [0.15, 0.2) is 36.8 Å². The van der Waals surface area contributed by atoms with Crippen LogP contribution in [0.4, 0.5) is 4.39 Å². The van der Waals surface area contributed by atoms with Gasteiger partial charge in [-0.05, 0) is 31.5 Å². The highest BCUT2D eigenvalue weighted by molar-refractivity contribution is 5.97. The Bertz CT molecular complexity index is 1170. The van der Waals surface area contributed by atoms with Gasteiger partial charge < -0.3 is 4.74 Å². The van der Waals surface area contributed by atoms with E-state index in [1.165, 1.54) is 12.3 Å². The van der Waals surface area contributed by atoms with Gasteiger partial charge in [0.1, 0.15) is 11.5 Å². The van der Waals surface area contributed by atoms with E-state index in [0.29, 0.717) is 30.2 Å². The van der Waals surface area contributed by atoms with Crippen molar-refractivity contribution in [2.24, 2.45) is 0 Å². The number of halogens is 1. The topological polar surface area (TPSA) is 81.5 Å². The van der Waals surface area contributed by atoms with Crippen molar-refractivity contribution in [1.82, 2.24) is 29.9 Å². The zero-order valence-corrected chi connectivity index (χ0v) is 15.6. The molecule has 5 rings (SSSR count). The van der Waals surface area contributed by atoms with E-state index in [-0.39, 0.29) is 11.4 Å². The first-order chi connectivity index (χ1) is 13.6. The summed E-state index contributed by atoms with van der Waals surface area (Å²) in [4.78, 5) is 8.60. The third kappa shape index (κ3) is 2.60. The first-order valence-electron chi connectivity index (χ1n) is 9.22. The summed E-state index contributed by atoms with van der Waals surface area (Å²) in [5.74, 6) is -0.377. The molecule has 4 aromatic heterocycles. The van der Waals surface area contributed by atoms with Gasteiger partial charge in [0, 0.05) is 22.7 Å². The third-order valence-corrected chi connectivity index (χ3v) is 5.44. The molecule has 1 N–H and O–H groups in total.